The molecule has 4 rings (SSSR count). The van der Waals surface area contributed by atoms with Crippen LogP contribution in [-0.4, -0.2) is 27.0 Å². The van der Waals surface area contributed by atoms with Crippen molar-refractivity contribution in [3.8, 4) is 0 Å². The minimum Gasteiger partial charge on any atom is -0.478 e. The quantitative estimate of drug-likeness (QED) is 0.553. The third-order valence-corrected chi connectivity index (χ3v) is 4.08. The average Bonchev–Trinajstić information content (AvgIpc) is 2.67. The molecule has 126 valence electrons. The number of fused-ring (bicyclic) bond motifs is 3. The van der Waals surface area contributed by atoms with Crippen LogP contribution in [0.2, 0.25) is 0 Å². The van der Waals surface area contributed by atoms with Gasteiger partial charge in [0, 0.05) is 17.0 Å². The number of amides is 1. The maximum Gasteiger partial charge on any atom is 0.336 e. The number of nitrogens with one attached hydrogen (secondary N) is 1. The van der Waals surface area contributed by atoms with Crippen LogP contribution in [0.1, 0.15) is 20.7 Å². The Labute approximate surface area is 148 Å². The van der Waals surface area contributed by atoms with Crippen LogP contribution >= 0.6 is 0 Å². The van der Waals surface area contributed by atoms with Crippen molar-refractivity contribution >= 4 is 39.5 Å². The highest BCUT2D eigenvalue weighted by Gasteiger charge is 2.16. The molecule has 0 bridgehead atoms. The predicted molar refractivity (Wildman–Crippen MR) is 98.4 cm³/mol. The maximum atomic E-state index is 12.5. The molecule has 0 unspecified atom stereocenters. The predicted octanol–water partition coefficient (Wildman–Crippen LogP) is 3.73. The molecule has 0 aliphatic heterocycles. The molecule has 2 aromatic heterocycles. The number of aromatic nitrogens is 2. The lowest BCUT2D eigenvalue weighted by atomic mass is 10.1. The van der Waals surface area contributed by atoms with Crippen molar-refractivity contribution in [2.24, 2.45) is 0 Å². The lowest BCUT2D eigenvalue weighted by Crippen LogP contribution is -2.17. The van der Waals surface area contributed by atoms with Crippen LogP contribution in [0.25, 0.3) is 21.8 Å². The summed E-state index contributed by atoms with van der Waals surface area (Å²) in [6, 6.07) is 17.3. The highest BCUT2D eigenvalue weighted by molar-refractivity contribution is 6.11. The van der Waals surface area contributed by atoms with Gasteiger partial charge < -0.3 is 10.4 Å². The van der Waals surface area contributed by atoms with Gasteiger partial charge in [-0.3, -0.25) is 9.78 Å². The first-order valence-electron chi connectivity index (χ1n) is 7.91. The van der Waals surface area contributed by atoms with E-state index in [-0.39, 0.29) is 11.1 Å². The lowest BCUT2D eigenvalue weighted by Gasteiger charge is -2.09. The zero-order valence-electron chi connectivity index (χ0n) is 13.5. The molecule has 4 aromatic rings. The molecule has 6 nitrogen and oxygen atoms in total. The summed E-state index contributed by atoms with van der Waals surface area (Å²) in [5, 5.41) is 13.8. The molecule has 2 N–H and O–H groups in total. The number of rotatable bonds is 3. The lowest BCUT2D eigenvalue weighted by molar-refractivity contribution is 0.0692. The largest absolute Gasteiger partial charge is 0.478 e. The van der Waals surface area contributed by atoms with Gasteiger partial charge in [-0.1, -0.05) is 30.3 Å². The monoisotopic (exact) mass is 343 g/mol. The summed E-state index contributed by atoms with van der Waals surface area (Å²) < 4.78 is 0. The van der Waals surface area contributed by atoms with E-state index in [1.165, 1.54) is 12.1 Å². The first-order chi connectivity index (χ1) is 12.6. The minimum atomic E-state index is -1.16. The molecule has 2 heterocycles. The number of hydrogen-bond acceptors (Lipinski definition) is 4. The van der Waals surface area contributed by atoms with Gasteiger partial charge in [0.2, 0.25) is 0 Å². The van der Waals surface area contributed by atoms with Crippen LogP contribution < -0.4 is 5.32 Å². The van der Waals surface area contributed by atoms with Crippen LogP contribution in [0.3, 0.4) is 0 Å². The van der Waals surface area contributed by atoms with Crippen LogP contribution in [0.15, 0.2) is 66.9 Å². The van der Waals surface area contributed by atoms with Gasteiger partial charge in [0.05, 0.1) is 22.2 Å². The molecular weight excluding hydrogens is 330 g/mol. The SMILES string of the molecule is O=C(O)c1ccccc1C(=O)Nc1ccc2ccc3cccnc3c2n1. The Bertz CT molecular complexity index is 1170. The first kappa shape index (κ1) is 15.7. The second-order valence-corrected chi connectivity index (χ2v) is 5.71. The molecular formula is C20H13N3O3. The molecule has 0 aliphatic carbocycles. The molecule has 0 spiro atoms. The standard InChI is InChI=1S/C20H13N3O3/c24-19(14-5-1-2-6-15(14)20(25)26)23-16-10-9-13-8-7-12-4-3-11-21-17(12)18(13)22-16/h1-11H,(H,25,26)(H,22,23,24). The Balaban J connectivity index is 1.75. The number of carbonyl (C=O) groups excluding carboxylic acids is 1. The molecule has 2 aromatic carbocycles. The second-order valence-electron chi connectivity index (χ2n) is 5.71. The molecule has 0 fully saturated rings. The van der Waals surface area contributed by atoms with Crippen molar-refractivity contribution in [1.82, 2.24) is 9.97 Å². The van der Waals surface area contributed by atoms with Gasteiger partial charge in [0.1, 0.15) is 5.82 Å². The van der Waals surface area contributed by atoms with Gasteiger partial charge in [-0.25, -0.2) is 9.78 Å². The van der Waals surface area contributed by atoms with Crippen molar-refractivity contribution < 1.29 is 14.7 Å². The molecule has 0 atom stereocenters. The third kappa shape index (κ3) is 2.73. The van der Waals surface area contributed by atoms with Crippen molar-refractivity contribution in [3.63, 3.8) is 0 Å². The van der Waals surface area contributed by atoms with Crippen molar-refractivity contribution in [2.75, 3.05) is 5.32 Å². The summed E-state index contributed by atoms with van der Waals surface area (Å²) in [7, 11) is 0. The van der Waals surface area contributed by atoms with Gasteiger partial charge in [0.15, 0.2) is 0 Å². The van der Waals surface area contributed by atoms with E-state index < -0.39 is 11.9 Å². The Morgan fingerprint density at radius 1 is 0.808 bits per heavy atom. The topological polar surface area (TPSA) is 92.2 Å². The molecule has 0 saturated heterocycles. The summed E-state index contributed by atoms with van der Waals surface area (Å²) in [4.78, 5) is 32.7. The van der Waals surface area contributed by atoms with E-state index in [1.54, 1.807) is 24.4 Å². The zero-order chi connectivity index (χ0) is 18.1. The summed E-state index contributed by atoms with van der Waals surface area (Å²) in [5.74, 6) is -1.35. The molecule has 0 aliphatic rings. The van der Waals surface area contributed by atoms with E-state index in [4.69, 9.17) is 0 Å². The zero-order valence-corrected chi connectivity index (χ0v) is 13.5. The van der Waals surface area contributed by atoms with Gasteiger partial charge in [-0.05, 0) is 30.3 Å². The molecule has 1 amide bonds. The van der Waals surface area contributed by atoms with Crippen LogP contribution in [0.4, 0.5) is 5.82 Å². The number of carboxylic acid groups (broad SMARTS) is 1. The van der Waals surface area contributed by atoms with E-state index in [0.29, 0.717) is 11.3 Å². The van der Waals surface area contributed by atoms with Crippen LogP contribution in [-0.2, 0) is 0 Å². The normalized spacial score (nSPS) is 10.8. The Hall–Kier alpha value is -3.80. The van der Waals surface area contributed by atoms with Crippen molar-refractivity contribution in [3.05, 3.63) is 78.0 Å². The van der Waals surface area contributed by atoms with Gasteiger partial charge in [-0.2, -0.15) is 0 Å². The van der Waals surface area contributed by atoms with Crippen molar-refractivity contribution in [2.45, 2.75) is 0 Å². The fourth-order valence-corrected chi connectivity index (χ4v) is 2.84. The minimum absolute atomic E-state index is 0.0575. The second kappa shape index (κ2) is 6.25. The van der Waals surface area contributed by atoms with Crippen molar-refractivity contribution in [1.29, 1.82) is 0 Å². The fraction of sp³-hybridized carbons (Fsp3) is 0. The Morgan fingerprint density at radius 3 is 2.27 bits per heavy atom. The van der Waals surface area contributed by atoms with Crippen LogP contribution in [0, 0.1) is 0 Å². The number of anilines is 1. The molecule has 0 saturated carbocycles. The number of hydrogen-bond donors (Lipinski definition) is 2. The molecule has 0 radical (unpaired) electrons. The van der Waals surface area contributed by atoms with E-state index >= 15 is 0 Å². The number of carbonyl (C=O) groups is 2. The molecule has 26 heavy (non-hydrogen) atoms. The van der Waals surface area contributed by atoms with Crippen LogP contribution in [0.5, 0.6) is 0 Å². The van der Waals surface area contributed by atoms with E-state index in [9.17, 15) is 14.7 Å². The fourth-order valence-electron chi connectivity index (χ4n) is 2.84. The summed E-state index contributed by atoms with van der Waals surface area (Å²) in [6.45, 7) is 0. The smallest absolute Gasteiger partial charge is 0.336 e. The summed E-state index contributed by atoms with van der Waals surface area (Å²) in [6.07, 6.45) is 1.69. The number of nitrogens with zero attached hydrogens (tertiary/aromatic N) is 2. The molecule has 6 heteroatoms. The van der Waals surface area contributed by atoms with Gasteiger partial charge >= 0.3 is 5.97 Å². The Morgan fingerprint density at radius 2 is 1.50 bits per heavy atom. The van der Waals surface area contributed by atoms with Gasteiger partial charge in [-0.15, -0.1) is 0 Å². The highest BCUT2D eigenvalue weighted by Crippen LogP contribution is 2.23. The number of pyridine rings is 2. The summed E-state index contributed by atoms with van der Waals surface area (Å²) in [5.41, 5.74) is 1.44. The van der Waals surface area contributed by atoms with E-state index in [2.05, 4.69) is 15.3 Å². The maximum absolute atomic E-state index is 12.5. The van der Waals surface area contributed by atoms with E-state index in [1.807, 2.05) is 30.3 Å². The Kier molecular flexibility index (Phi) is 3.78. The number of aromatic carboxylic acids is 1. The van der Waals surface area contributed by atoms with Gasteiger partial charge in [0.25, 0.3) is 5.91 Å². The average molecular weight is 343 g/mol. The first-order valence-corrected chi connectivity index (χ1v) is 7.91. The number of benzene rings is 2. The highest BCUT2D eigenvalue weighted by atomic mass is 16.4. The van der Waals surface area contributed by atoms with E-state index in [0.717, 1.165) is 16.3 Å². The third-order valence-electron chi connectivity index (χ3n) is 4.08. The summed E-state index contributed by atoms with van der Waals surface area (Å²) >= 11 is 0. The number of carboxylic acids is 1.